The van der Waals surface area contributed by atoms with E-state index in [4.69, 9.17) is 9.47 Å². The van der Waals surface area contributed by atoms with E-state index in [0.29, 0.717) is 37.2 Å². The molecule has 0 saturated carbocycles. The standard InChI is InChI=1S/C23H26F2N6O4/c1-3-14-6-19(34-2)22(25)18(21(14)24)13-35-17-8-26-23(27-9-17)29-15-7-28-31(10-15)12-20(33)30-5-4-16(32)11-30/h6-10,16,32H,3-5,11-13H2,1-2H3,(H,26,27,29)/t16-/m0/s1. The first kappa shape index (κ1) is 24.3. The molecule has 0 aliphatic carbocycles. The molecule has 1 amide bonds. The van der Waals surface area contributed by atoms with Gasteiger partial charge in [0, 0.05) is 19.3 Å². The second kappa shape index (κ2) is 10.6. The first-order valence-corrected chi connectivity index (χ1v) is 11.1. The van der Waals surface area contributed by atoms with Crippen molar-refractivity contribution in [2.45, 2.75) is 39.0 Å². The number of nitrogens with one attached hydrogen (secondary N) is 1. The van der Waals surface area contributed by atoms with Crippen LogP contribution >= 0.6 is 0 Å². The Bertz CT molecular complexity index is 1160. The second-order valence-corrected chi connectivity index (χ2v) is 8.06. The number of rotatable bonds is 9. The number of aliphatic hydroxyl groups excluding tert-OH is 1. The Balaban J connectivity index is 1.34. The highest BCUT2D eigenvalue weighted by Crippen LogP contribution is 2.28. The lowest BCUT2D eigenvalue weighted by molar-refractivity contribution is -0.131. The van der Waals surface area contributed by atoms with E-state index >= 15 is 0 Å². The van der Waals surface area contributed by atoms with Gasteiger partial charge in [-0.3, -0.25) is 9.48 Å². The minimum atomic E-state index is -0.808. The van der Waals surface area contributed by atoms with Crippen molar-refractivity contribution in [1.29, 1.82) is 0 Å². The molecule has 35 heavy (non-hydrogen) atoms. The van der Waals surface area contributed by atoms with Crippen LogP contribution in [0, 0.1) is 11.6 Å². The molecule has 0 radical (unpaired) electrons. The van der Waals surface area contributed by atoms with Crippen LogP contribution in [0.1, 0.15) is 24.5 Å². The summed E-state index contributed by atoms with van der Waals surface area (Å²) >= 11 is 0. The number of likely N-dealkylation sites (tertiary alicyclic amines) is 1. The van der Waals surface area contributed by atoms with Crippen molar-refractivity contribution in [2.24, 2.45) is 0 Å². The maximum Gasteiger partial charge on any atom is 0.244 e. The third-order valence-electron chi connectivity index (χ3n) is 5.65. The Kier molecular flexibility index (Phi) is 7.39. The number of β-amino-alcohol motifs (C(OH)–C–C–N with tert-alkyl or cyclic N) is 1. The van der Waals surface area contributed by atoms with E-state index in [1.807, 2.05) is 0 Å². The van der Waals surface area contributed by atoms with E-state index in [0.717, 1.165) is 0 Å². The summed E-state index contributed by atoms with van der Waals surface area (Å²) in [4.78, 5) is 22.2. The van der Waals surface area contributed by atoms with Gasteiger partial charge in [-0.2, -0.15) is 5.10 Å². The van der Waals surface area contributed by atoms with Crippen LogP contribution in [0.5, 0.6) is 11.5 Å². The molecule has 12 heteroatoms. The second-order valence-electron chi connectivity index (χ2n) is 8.06. The van der Waals surface area contributed by atoms with Gasteiger partial charge in [-0.1, -0.05) is 6.92 Å². The van der Waals surface area contributed by atoms with Crippen molar-refractivity contribution in [3.8, 4) is 11.5 Å². The minimum absolute atomic E-state index is 0.0436. The number of hydrogen-bond donors (Lipinski definition) is 2. The lowest BCUT2D eigenvalue weighted by Gasteiger charge is -2.15. The van der Waals surface area contributed by atoms with Gasteiger partial charge in [0.25, 0.3) is 0 Å². The SMILES string of the molecule is CCc1cc(OC)c(F)c(COc2cnc(Nc3cnn(CC(=O)N4CC[C@H](O)C4)c3)nc2)c1F. The van der Waals surface area contributed by atoms with Gasteiger partial charge in [-0.25, -0.2) is 18.7 Å². The van der Waals surface area contributed by atoms with E-state index < -0.39 is 17.7 Å². The molecule has 0 bridgehead atoms. The normalized spacial score (nSPS) is 15.3. The number of benzene rings is 1. The quantitative estimate of drug-likeness (QED) is 0.472. The molecule has 3 aromatic rings. The zero-order valence-corrected chi connectivity index (χ0v) is 19.4. The Morgan fingerprint density at radius 1 is 1.26 bits per heavy atom. The van der Waals surface area contributed by atoms with Crippen molar-refractivity contribution < 1.29 is 28.2 Å². The largest absolute Gasteiger partial charge is 0.494 e. The number of nitrogens with zero attached hydrogens (tertiary/aromatic N) is 5. The molecule has 0 unspecified atom stereocenters. The van der Waals surface area contributed by atoms with Crippen LogP contribution in [0.2, 0.25) is 0 Å². The van der Waals surface area contributed by atoms with Crippen LogP contribution in [0.25, 0.3) is 0 Å². The zero-order chi connectivity index (χ0) is 24.9. The summed E-state index contributed by atoms with van der Waals surface area (Å²) in [6.07, 6.45) is 6.40. The van der Waals surface area contributed by atoms with Crippen LogP contribution in [0.4, 0.5) is 20.4 Å². The highest BCUT2D eigenvalue weighted by molar-refractivity contribution is 5.76. The fourth-order valence-corrected chi connectivity index (χ4v) is 3.72. The molecule has 3 heterocycles. The minimum Gasteiger partial charge on any atom is -0.494 e. The Hall–Kier alpha value is -3.80. The third-order valence-corrected chi connectivity index (χ3v) is 5.65. The van der Waals surface area contributed by atoms with Gasteiger partial charge < -0.3 is 24.8 Å². The highest BCUT2D eigenvalue weighted by Gasteiger charge is 2.24. The zero-order valence-electron chi connectivity index (χ0n) is 19.4. The molecule has 1 aromatic carbocycles. The van der Waals surface area contributed by atoms with Gasteiger partial charge in [0.2, 0.25) is 11.9 Å². The maximum absolute atomic E-state index is 14.6. The Morgan fingerprint density at radius 3 is 2.69 bits per heavy atom. The van der Waals surface area contributed by atoms with Crippen LogP contribution in [-0.4, -0.2) is 62.0 Å². The number of carbonyl (C=O) groups excluding carboxylic acids is 1. The summed E-state index contributed by atoms with van der Waals surface area (Å²) in [6, 6.07) is 1.34. The van der Waals surface area contributed by atoms with E-state index in [1.54, 1.807) is 18.0 Å². The topological polar surface area (TPSA) is 115 Å². The van der Waals surface area contributed by atoms with Gasteiger partial charge in [0.15, 0.2) is 17.3 Å². The Morgan fingerprint density at radius 2 is 2.03 bits per heavy atom. The average Bonchev–Trinajstić information content (AvgIpc) is 3.49. The van der Waals surface area contributed by atoms with Gasteiger partial charge >= 0.3 is 0 Å². The maximum atomic E-state index is 14.6. The van der Waals surface area contributed by atoms with Crippen LogP contribution in [0.3, 0.4) is 0 Å². The van der Waals surface area contributed by atoms with Crippen LogP contribution in [-0.2, 0) is 24.4 Å². The van der Waals surface area contributed by atoms with Crippen LogP contribution in [0.15, 0.2) is 30.9 Å². The molecule has 1 fully saturated rings. The fraction of sp³-hybridized carbons (Fsp3) is 0.391. The predicted molar refractivity (Wildman–Crippen MR) is 121 cm³/mol. The van der Waals surface area contributed by atoms with Crippen molar-refractivity contribution in [2.75, 3.05) is 25.5 Å². The third kappa shape index (κ3) is 5.65. The number of carbonyl (C=O) groups is 1. The Labute approximate surface area is 200 Å². The molecule has 10 nitrogen and oxygen atoms in total. The molecule has 186 valence electrons. The molecule has 1 aliphatic heterocycles. The molecule has 1 atom stereocenters. The molecule has 0 spiro atoms. The van der Waals surface area contributed by atoms with Crippen molar-refractivity contribution in [3.63, 3.8) is 0 Å². The fourth-order valence-electron chi connectivity index (χ4n) is 3.72. The molecular weight excluding hydrogens is 462 g/mol. The van der Waals surface area contributed by atoms with Gasteiger partial charge in [0.05, 0.1) is 43.1 Å². The molecule has 4 rings (SSSR count). The summed E-state index contributed by atoms with van der Waals surface area (Å²) in [5.41, 5.74) is 0.673. The lowest BCUT2D eigenvalue weighted by atomic mass is 10.1. The molecule has 1 aliphatic rings. The molecular formula is C23H26F2N6O4. The van der Waals surface area contributed by atoms with E-state index in [-0.39, 0.29) is 42.1 Å². The molecule has 2 aromatic heterocycles. The monoisotopic (exact) mass is 488 g/mol. The number of anilines is 2. The smallest absolute Gasteiger partial charge is 0.244 e. The number of hydrogen-bond acceptors (Lipinski definition) is 8. The van der Waals surface area contributed by atoms with E-state index in [1.165, 1.54) is 36.4 Å². The van der Waals surface area contributed by atoms with Crippen molar-refractivity contribution in [1.82, 2.24) is 24.6 Å². The summed E-state index contributed by atoms with van der Waals surface area (Å²) in [7, 11) is 1.32. The van der Waals surface area contributed by atoms with Crippen LogP contribution < -0.4 is 14.8 Å². The molecule has 2 N–H and O–H groups in total. The predicted octanol–water partition coefficient (Wildman–Crippen LogP) is 2.44. The first-order valence-electron chi connectivity index (χ1n) is 11.1. The van der Waals surface area contributed by atoms with Gasteiger partial charge in [-0.15, -0.1) is 0 Å². The number of aryl methyl sites for hydroxylation is 1. The number of ether oxygens (including phenoxy) is 2. The number of aromatic nitrogens is 4. The number of halogens is 2. The lowest BCUT2D eigenvalue weighted by Crippen LogP contribution is -2.32. The van der Waals surface area contributed by atoms with Crippen molar-refractivity contribution >= 4 is 17.5 Å². The van der Waals surface area contributed by atoms with E-state index in [2.05, 4.69) is 20.4 Å². The van der Waals surface area contributed by atoms with Crippen molar-refractivity contribution in [3.05, 3.63) is 53.6 Å². The number of amides is 1. The summed E-state index contributed by atoms with van der Waals surface area (Å²) < 4.78 is 41.1. The number of aliphatic hydroxyl groups is 1. The first-order chi connectivity index (χ1) is 16.9. The average molecular weight is 488 g/mol. The van der Waals surface area contributed by atoms with E-state index in [9.17, 15) is 18.7 Å². The molecule has 1 saturated heterocycles. The van der Waals surface area contributed by atoms with Gasteiger partial charge in [-0.05, 0) is 24.5 Å². The number of methoxy groups -OCH3 is 1. The highest BCUT2D eigenvalue weighted by atomic mass is 19.1. The van der Waals surface area contributed by atoms with Gasteiger partial charge in [0.1, 0.15) is 19.0 Å². The summed E-state index contributed by atoms with van der Waals surface area (Å²) in [5, 5.41) is 16.7. The summed E-state index contributed by atoms with van der Waals surface area (Å²) in [5.74, 6) is -1.16. The summed E-state index contributed by atoms with van der Waals surface area (Å²) in [6.45, 7) is 2.34.